The molecule has 0 aliphatic carbocycles. The predicted octanol–water partition coefficient (Wildman–Crippen LogP) is 4.92. The molecule has 1 spiro atoms. The summed E-state index contributed by atoms with van der Waals surface area (Å²) in [6, 6.07) is 23.2. The highest BCUT2D eigenvalue weighted by molar-refractivity contribution is 5.75. The number of amidine groups is 1. The van der Waals surface area contributed by atoms with E-state index in [1.165, 1.54) is 0 Å². The Balaban J connectivity index is 1.70. The minimum atomic E-state index is -3.31. The molecule has 2 N–H and O–H groups in total. The maximum Gasteiger partial charge on any atom is 0.310 e. The molecule has 2 aliphatic rings. The number of nitrogens with two attached hydrogens (primary N) is 1. The third-order valence-electron chi connectivity index (χ3n) is 5.98. The quantitative estimate of drug-likeness (QED) is 0.624. The minimum Gasteiger partial charge on any atom is -0.485 e. The van der Waals surface area contributed by atoms with E-state index in [2.05, 4.69) is 11.1 Å². The standard InChI is InChI=1S/C25H19F2N3O2/c26-25(27)15-31-23(29)30-24(25)13-22(17-6-2-1-3-7-17)32-21-10-9-19(12-20(21)24)18-8-4-5-16(11-18)14-28/h1-12,22H,13,15H2,(H2,29,30)/t22?,24-/m1/s1. The van der Waals surface area contributed by atoms with Crippen LogP contribution in [0.15, 0.2) is 77.8 Å². The molecule has 160 valence electrons. The van der Waals surface area contributed by atoms with Crippen LogP contribution in [-0.2, 0) is 10.3 Å². The summed E-state index contributed by atoms with van der Waals surface area (Å²) < 4.78 is 42.2. The Hall–Kier alpha value is -3.92. The van der Waals surface area contributed by atoms with E-state index in [0.717, 1.165) is 11.1 Å². The number of benzene rings is 3. The Kier molecular flexibility index (Phi) is 4.59. The second-order valence-electron chi connectivity index (χ2n) is 7.93. The summed E-state index contributed by atoms with van der Waals surface area (Å²) in [5, 5.41) is 9.22. The number of hydrogen-bond acceptors (Lipinski definition) is 5. The van der Waals surface area contributed by atoms with Crippen LogP contribution in [0.25, 0.3) is 11.1 Å². The molecule has 0 radical (unpaired) electrons. The van der Waals surface area contributed by atoms with E-state index in [0.29, 0.717) is 16.9 Å². The molecular formula is C25H19F2N3O2. The van der Waals surface area contributed by atoms with Gasteiger partial charge in [0.1, 0.15) is 11.9 Å². The molecule has 32 heavy (non-hydrogen) atoms. The highest BCUT2D eigenvalue weighted by atomic mass is 19.3. The van der Waals surface area contributed by atoms with Crippen molar-refractivity contribution in [2.24, 2.45) is 10.7 Å². The summed E-state index contributed by atoms with van der Waals surface area (Å²) in [4.78, 5) is 4.20. The first-order valence-electron chi connectivity index (χ1n) is 10.1. The number of halogens is 2. The summed E-state index contributed by atoms with van der Waals surface area (Å²) in [5.41, 5.74) is 6.79. The molecule has 5 rings (SSSR count). The maximum absolute atomic E-state index is 15.6. The topological polar surface area (TPSA) is 80.6 Å². The van der Waals surface area contributed by atoms with Gasteiger partial charge in [-0.05, 0) is 41.0 Å². The maximum atomic E-state index is 15.6. The lowest BCUT2D eigenvalue weighted by Gasteiger charge is -2.45. The van der Waals surface area contributed by atoms with Crippen molar-refractivity contribution in [2.45, 2.75) is 24.0 Å². The van der Waals surface area contributed by atoms with Gasteiger partial charge in [0, 0.05) is 12.0 Å². The fraction of sp³-hybridized carbons (Fsp3) is 0.200. The first-order valence-corrected chi connectivity index (χ1v) is 10.1. The van der Waals surface area contributed by atoms with E-state index in [1.54, 1.807) is 36.4 Å². The van der Waals surface area contributed by atoms with Gasteiger partial charge in [0.05, 0.1) is 11.6 Å². The summed E-state index contributed by atoms with van der Waals surface area (Å²) in [7, 11) is 0. The van der Waals surface area contributed by atoms with Crippen molar-refractivity contribution in [1.29, 1.82) is 5.26 Å². The molecule has 0 amide bonds. The minimum absolute atomic E-state index is 0.0945. The average molecular weight is 431 g/mol. The van der Waals surface area contributed by atoms with Crippen LogP contribution >= 0.6 is 0 Å². The molecule has 2 heterocycles. The van der Waals surface area contributed by atoms with Crippen molar-refractivity contribution in [1.82, 2.24) is 0 Å². The number of nitriles is 1. The van der Waals surface area contributed by atoms with Crippen LogP contribution in [0.4, 0.5) is 8.78 Å². The number of nitrogens with zero attached hydrogens (tertiary/aromatic N) is 2. The predicted molar refractivity (Wildman–Crippen MR) is 115 cm³/mol. The van der Waals surface area contributed by atoms with Gasteiger partial charge in [-0.3, -0.25) is 0 Å². The normalized spacial score (nSPS) is 23.3. The molecule has 3 aromatic carbocycles. The first-order chi connectivity index (χ1) is 15.4. The lowest BCUT2D eigenvalue weighted by atomic mass is 9.75. The van der Waals surface area contributed by atoms with Gasteiger partial charge in [-0.15, -0.1) is 0 Å². The molecule has 2 atom stereocenters. The monoisotopic (exact) mass is 431 g/mol. The van der Waals surface area contributed by atoms with Crippen molar-refractivity contribution >= 4 is 6.02 Å². The van der Waals surface area contributed by atoms with Crippen LogP contribution in [0.5, 0.6) is 5.75 Å². The lowest BCUT2D eigenvalue weighted by Crippen LogP contribution is -2.55. The van der Waals surface area contributed by atoms with Crippen LogP contribution in [0, 0.1) is 11.3 Å². The fourth-order valence-corrected chi connectivity index (χ4v) is 4.37. The van der Waals surface area contributed by atoms with E-state index in [9.17, 15) is 5.26 Å². The molecule has 0 saturated heterocycles. The molecule has 0 saturated carbocycles. The van der Waals surface area contributed by atoms with E-state index in [1.807, 2.05) is 36.4 Å². The van der Waals surface area contributed by atoms with Crippen LogP contribution in [-0.4, -0.2) is 18.6 Å². The van der Waals surface area contributed by atoms with Gasteiger partial charge in [-0.25, -0.2) is 4.99 Å². The van der Waals surface area contributed by atoms with E-state index >= 15 is 8.78 Å². The van der Waals surface area contributed by atoms with Gasteiger partial charge in [-0.1, -0.05) is 48.5 Å². The number of alkyl halides is 2. The molecule has 0 aromatic heterocycles. The number of aliphatic imine (C=N–C) groups is 1. The van der Waals surface area contributed by atoms with E-state index in [4.69, 9.17) is 15.2 Å². The van der Waals surface area contributed by atoms with Crippen LogP contribution in [0.3, 0.4) is 0 Å². The Morgan fingerprint density at radius 3 is 2.56 bits per heavy atom. The zero-order chi connectivity index (χ0) is 22.3. The number of hydrogen-bond donors (Lipinski definition) is 1. The molecule has 1 unspecified atom stereocenters. The van der Waals surface area contributed by atoms with E-state index in [-0.39, 0.29) is 18.0 Å². The molecule has 5 nitrogen and oxygen atoms in total. The van der Waals surface area contributed by atoms with Gasteiger partial charge in [0.15, 0.2) is 12.1 Å². The number of ether oxygens (including phenoxy) is 2. The second kappa shape index (κ2) is 7.34. The second-order valence-corrected chi connectivity index (χ2v) is 7.93. The summed E-state index contributed by atoms with van der Waals surface area (Å²) in [5.74, 6) is -2.99. The van der Waals surface area contributed by atoms with E-state index < -0.39 is 24.2 Å². The summed E-state index contributed by atoms with van der Waals surface area (Å²) >= 11 is 0. The van der Waals surface area contributed by atoms with Gasteiger partial charge in [0.25, 0.3) is 6.02 Å². The molecular weight excluding hydrogens is 412 g/mol. The van der Waals surface area contributed by atoms with Gasteiger partial charge < -0.3 is 15.2 Å². The lowest BCUT2D eigenvalue weighted by molar-refractivity contribution is -0.139. The largest absolute Gasteiger partial charge is 0.485 e. The van der Waals surface area contributed by atoms with Gasteiger partial charge in [-0.2, -0.15) is 14.0 Å². The van der Waals surface area contributed by atoms with Gasteiger partial charge >= 0.3 is 5.92 Å². The van der Waals surface area contributed by atoms with Crippen molar-refractivity contribution in [3.63, 3.8) is 0 Å². The Morgan fingerprint density at radius 2 is 1.78 bits per heavy atom. The molecule has 3 aromatic rings. The molecule has 0 bridgehead atoms. The van der Waals surface area contributed by atoms with Crippen molar-refractivity contribution in [3.05, 3.63) is 89.5 Å². The average Bonchev–Trinajstić information content (AvgIpc) is 2.82. The molecule has 0 fully saturated rings. The number of fused-ring (bicyclic) bond motifs is 2. The summed E-state index contributed by atoms with van der Waals surface area (Å²) in [6.45, 7) is -0.864. The molecule has 7 heteroatoms. The van der Waals surface area contributed by atoms with Crippen molar-refractivity contribution < 1.29 is 18.3 Å². The smallest absolute Gasteiger partial charge is 0.310 e. The molecule has 2 aliphatic heterocycles. The van der Waals surface area contributed by atoms with Crippen LogP contribution in [0.1, 0.15) is 29.2 Å². The Morgan fingerprint density at radius 1 is 1.00 bits per heavy atom. The SMILES string of the molecule is N#Cc1cccc(-c2ccc3c(c2)[C@@]2(CC(c4ccccc4)O3)N=C(N)OCC2(F)F)c1. The van der Waals surface area contributed by atoms with Gasteiger partial charge in [0.2, 0.25) is 0 Å². The zero-order valence-corrected chi connectivity index (χ0v) is 17.0. The zero-order valence-electron chi connectivity index (χ0n) is 17.0. The van der Waals surface area contributed by atoms with Crippen LogP contribution in [0.2, 0.25) is 0 Å². The highest BCUT2D eigenvalue weighted by Gasteiger charge is 2.62. The Bertz CT molecular complexity index is 1250. The third kappa shape index (κ3) is 3.16. The van der Waals surface area contributed by atoms with Crippen molar-refractivity contribution in [3.8, 4) is 22.9 Å². The van der Waals surface area contributed by atoms with Crippen molar-refractivity contribution in [2.75, 3.05) is 6.61 Å². The van der Waals surface area contributed by atoms with Crippen LogP contribution < -0.4 is 10.5 Å². The fourth-order valence-electron chi connectivity index (χ4n) is 4.37. The number of rotatable bonds is 2. The third-order valence-corrected chi connectivity index (χ3v) is 5.98. The highest BCUT2D eigenvalue weighted by Crippen LogP contribution is 2.56. The Labute approximate surface area is 183 Å². The summed E-state index contributed by atoms with van der Waals surface area (Å²) in [6.07, 6.45) is -0.722. The first kappa shape index (κ1) is 20.0.